The van der Waals surface area contributed by atoms with Gasteiger partial charge in [0.05, 0.1) is 17.7 Å². The van der Waals surface area contributed by atoms with Crippen LogP contribution in [0.4, 0.5) is 0 Å². The molecule has 15 heavy (non-hydrogen) atoms. The predicted octanol–water partition coefficient (Wildman–Crippen LogP) is 3.18. The van der Waals surface area contributed by atoms with Crippen LogP contribution in [-0.4, -0.2) is 11.7 Å². The Balaban J connectivity index is 2.16. The van der Waals surface area contributed by atoms with E-state index in [2.05, 4.69) is 0 Å². The number of hydrogen-bond donors (Lipinski definition) is 1. The van der Waals surface area contributed by atoms with Gasteiger partial charge in [-0.05, 0) is 43.4 Å². The maximum Gasteiger partial charge on any atom is 0.137 e. The molecule has 1 saturated carbocycles. The number of benzene rings is 1. The minimum atomic E-state index is -0.363. The summed E-state index contributed by atoms with van der Waals surface area (Å²) in [5.74, 6) is 1.12. The molecule has 1 aliphatic carbocycles. The summed E-state index contributed by atoms with van der Waals surface area (Å²) in [5.41, 5.74) is 0.894. The van der Waals surface area contributed by atoms with Crippen molar-refractivity contribution in [3.8, 4) is 5.75 Å². The van der Waals surface area contributed by atoms with Crippen molar-refractivity contribution < 1.29 is 9.84 Å². The standard InChI is InChI=1S/C12H15ClO2/c1-2-15-11-6-5-9(7-10(11)13)12(14)8-3-4-8/h5-8,12,14H,2-4H2,1H3. The van der Waals surface area contributed by atoms with Crippen LogP contribution < -0.4 is 4.74 Å². The van der Waals surface area contributed by atoms with Crippen molar-refractivity contribution >= 4 is 11.6 Å². The molecule has 0 heterocycles. The summed E-state index contributed by atoms with van der Waals surface area (Å²) in [6.07, 6.45) is 1.87. The Morgan fingerprint density at radius 2 is 2.27 bits per heavy atom. The van der Waals surface area contributed by atoms with Gasteiger partial charge in [-0.2, -0.15) is 0 Å². The van der Waals surface area contributed by atoms with Crippen LogP contribution in [0.2, 0.25) is 5.02 Å². The Labute approximate surface area is 94.8 Å². The first-order chi connectivity index (χ1) is 7.22. The average molecular weight is 227 g/mol. The van der Waals surface area contributed by atoms with Crippen molar-refractivity contribution in [1.82, 2.24) is 0 Å². The second kappa shape index (κ2) is 4.42. The molecule has 1 aromatic rings. The lowest BCUT2D eigenvalue weighted by Gasteiger charge is -2.12. The Morgan fingerprint density at radius 1 is 1.53 bits per heavy atom. The van der Waals surface area contributed by atoms with Gasteiger partial charge >= 0.3 is 0 Å². The molecule has 1 fully saturated rings. The first-order valence-electron chi connectivity index (χ1n) is 5.32. The lowest BCUT2D eigenvalue weighted by molar-refractivity contribution is 0.154. The van der Waals surface area contributed by atoms with Gasteiger partial charge in [-0.25, -0.2) is 0 Å². The highest BCUT2D eigenvalue weighted by Crippen LogP contribution is 2.42. The molecule has 0 amide bonds. The summed E-state index contributed by atoms with van der Waals surface area (Å²) in [5, 5.41) is 10.5. The van der Waals surface area contributed by atoms with E-state index in [0.29, 0.717) is 23.3 Å². The third kappa shape index (κ3) is 2.44. The molecule has 82 valence electrons. The maximum atomic E-state index is 9.91. The molecule has 0 bridgehead atoms. The van der Waals surface area contributed by atoms with Crippen molar-refractivity contribution in [2.75, 3.05) is 6.61 Å². The second-order valence-corrected chi connectivity index (χ2v) is 4.31. The smallest absolute Gasteiger partial charge is 0.137 e. The fourth-order valence-corrected chi connectivity index (χ4v) is 1.90. The van der Waals surface area contributed by atoms with Crippen molar-refractivity contribution in [3.63, 3.8) is 0 Å². The van der Waals surface area contributed by atoms with Crippen molar-refractivity contribution in [2.24, 2.45) is 5.92 Å². The number of halogens is 1. The molecule has 0 saturated heterocycles. The van der Waals surface area contributed by atoms with Crippen LogP contribution in [0.25, 0.3) is 0 Å². The molecule has 0 radical (unpaired) electrons. The summed E-state index contributed by atoms with van der Waals surface area (Å²) in [4.78, 5) is 0. The number of aliphatic hydroxyl groups excluding tert-OH is 1. The molecule has 3 heteroatoms. The fourth-order valence-electron chi connectivity index (χ4n) is 1.66. The third-order valence-corrected chi connectivity index (χ3v) is 2.96. The monoisotopic (exact) mass is 226 g/mol. The van der Waals surface area contributed by atoms with E-state index in [0.717, 1.165) is 18.4 Å². The number of ether oxygens (including phenoxy) is 1. The predicted molar refractivity (Wildman–Crippen MR) is 60.3 cm³/mol. The first kappa shape index (κ1) is 10.8. The maximum absolute atomic E-state index is 9.91. The minimum Gasteiger partial charge on any atom is -0.492 e. The normalized spacial score (nSPS) is 17.5. The van der Waals surface area contributed by atoms with Gasteiger partial charge in [0.15, 0.2) is 0 Å². The van der Waals surface area contributed by atoms with Gasteiger partial charge in [-0.3, -0.25) is 0 Å². The highest BCUT2D eigenvalue weighted by molar-refractivity contribution is 6.32. The molecule has 1 aliphatic rings. The summed E-state index contributed by atoms with van der Waals surface area (Å²) < 4.78 is 5.33. The van der Waals surface area contributed by atoms with E-state index in [1.165, 1.54) is 0 Å². The third-order valence-electron chi connectivity index (χ3n) is 2.67. The highest BCUT2D eigenvalue weighted by atomic mass is 35.5. The zero-order valence-corrected chi connectivity index (χ0v) is 9.50. The molecule has 1 N–H and O–H groups in total. The molecule has 0 aromatic heterocycles. The van der Waals surface area contributed by atoms with Gasteiger partial charge in [0.1, 0.15) is 5.75 Å². The summed E-state index contributed by atoms with van der Waals surface area (Å²) >= 11 is 6.04. The van der Waals surface area contributed by atoms with Gasteiger partial charge in [-0.1, -0.05) is 17.7 Å². The molecular weight excluding hydrogens is 212 g/mol. The minimum absolute atomic E-state index is 0.363. The van der Waals surface area contributed by atoms with Crippen LogP contribution in [0, 0.1) is 5.92 Å². The van der Waals surface area contributed by atoms with E-state index in [9.17, 15) is 5.11 Å². The number of hydrogen-bond acceptors (Lipinski definition) is 2. The second-order valence-electron chi connectivity index (χ2n) is 3.91. The van der Waals surface area contributed by atoms with E-state index in [-0.39, 0.29) is 6.10 Å². The van der Waals surface area contributed by atoms with E-state index >= 15 is 0 Å². The van der Waals surface area contributed by atoms with Crippen LogP contribution in [0.15, 0.2) is 18.2 Å². The van der Waals surface area contributed by atoms with Crippen LogP contribution >= 0.6 is 11.6 Å². The fraction of sp³-hybridized carbons (Fsp3) is 0.500. The lowest BCUT2D eigenvalue weighted by Crippen LogP contribution is -2.00. The molecule has 0 aliphatic heterocycles. The molecular formula is C12H15ClO2. The first-order valence-corrected chi connectivity index (χ1v) is 5.70. The Bertz CT molecular complexity index is 347. The van der Waals surface area contributed by atoms with Gasteiger partial charge in [-0.15, -0.1) is 0 Å². The zero-order valence-electron chi connectivity index (χ0n) is 8.74. The van der Waals surface area contributed by atoms with E-state index in [1.807, 2.05) is 19.1 Å². The SMILES string of the molecule is CCOc1ccc(C(O)C2CC2)cc1Cl. The number of aliphatic hydroxyl groups is 1. The Kier molecular flexibility index (Phi) is 3.17. The molecule has 1 atom stereocenters. The number of rotatable bonds is 4. The summed E-state index contributed by atoms with van der Waals surface area (Å²) in [7, 11) is 0. The van der Waals surface area contributed by atoms with Gasteiger partial charge in [0.25, 0.3) is 0 Å². The van der Waals surface area contributed by atoms with Crippen LogP contribution in [0.3, 0.4) is 0 Å². The average Bonchev–Trinajstić information content (AvgIpc) is 3.04. The molecule has 2 nitrogen and oxygen atoms in total. The van der Waals surface area contributed by atoms with Crippen LogP contribution in [0.1, 0.15) is 31.4 Å². The molecule has 2 rings (SSSR count). The van der Waals surface area contributed by atoms with Crippen LogP contribution in [-0.2, 0) is 0 Å². The van der Waals surface area contributed by atoms with Gasteiger partial charge < -0.3 is 9.84 Å². The van der Waals surface area contributed by atoms with E-state index < -0.39 is 0 Å². The molecule has 1 aromatic carbocycles. The van der Waals surface area contributed by atoms with E-state index in [1.54, 1.807) is 6.07 Å². The van der Waals surface area contributed by atoms with Crippen molar-refractivity contribution in [1.29, 1.82) is 0 Å². The highest BCUT2D eigenvalue weighted by Gasteiger charge is 2.30. The topological polar surface area (TPSA) is 29.5 Å². The summed E-state index contributed by atoms with van der Waals surface area (Å²) in [6.45, 7) is 2.52. The van der Waals surface area contributed by atoms with Crippen molar-refractivity contribution in [3.05, 3.63) is 28.8 Å². The lowest BCUT2D eigenvalue weighted by atomic mass is 10.1. The van der Waals surface area contributed by atoms with Gasteiger partial charge in [0.2, 0.25) is 0 Å². The zero-order chi connectivity index (χ0) is 10.8. The van der Waals surface area contributed by atoms with E-state index in [4.69, 9.17) is 16.3 Å². The van der Waals surface area contributed by atoms with Crippen LogP contribution in [0.5, 0.6) is 5.75 Å². The largest absolute Gasteiger partial charge is 0.492 e. The van der Waals surface area contributed by atoms with Gasteiger partial charge in [0, 0.05) is 0 Å². The quantitative estimate of drug-likeness (QED) is 0.855. The Morgan fingerprint density at radius 3 is 2.80 bits per heavy atom. The summed E-state index contributed by atoms with van der Waals surface area (Å²) in [6, 6.07) is 5.52. The van der Waals surface area contributed by atoms with Crippen molar-refractivity contribution in [2.45, 2.75) is 25.9 Å². The Hall–Kier alpha value is -0.730. The molecule has 1 unspecified atom stereocenters. The molecule has 0 spiro atoms.